The summed E-state index contributed by atoms with van der Waals surface area (Å²) in [6.07, 6.45) is 0.714. The van der Waals surface area contributed by atoms with Gasteiger partial charge in [0, 0.05) is 32.0 Å². The Bertz CT molecular complexity index is 551. The van der Waals surface area contributed by atoms with Crippen molar-refractivity contribution in [2.45, 2.75) is 12.8 Å². The standard InChI is InChI=1S/C15H18N2O3S/c1-20-10-8-17(7-4-6-16)15(19)13-11-14(21-12-13)5-2-3-9-18/h11-12,18H,3-4,7-10H2,1H3. The topological polar surface area (TPSA) is 73.6 Å². The number of carbonyl (C=O) groups is 1. The van der Waals surface area contributed by atoms with Crippen LogP contribution in [-0.2, 0) is 4.74 Å². The number of nitriles is 1. The SMILES string of the molecule is COCCN(CCC#N)C(=O)c1csc(C#CCCO)c1. The predicted molar refractivity (Wildman–Crippen MR) is 80.9 cm³/mol. The Kier molecular flexibility index (Phi) is 8.15. The highest BCUT2D eigenvalue weighted by molar-refractivity contribution is 7.10. The number of ether oxygens (including phenoxy) is 1. The number of hydrogen-bond donors (Lipinski definition) is 1. The summed E-state index contributed by atoms with van der Waals surface area (Å²) in [5.41, 5.74) is 0.572. The molecule has 0 saturated carbocycles. The molecule has 1 aromatic heterocycles. The summed E-state index contributed by atoms with van der Waals surface area (Å²) in [6, 6.07) is 3.78. The van der Waals surface area contributed by atoms with Gasteiger partial charge in [-0.2, -0.15) is 5.26 Å². The maximum absolute atomic E-state index is 12.4. The smallest absolute Gasteiger partial charge is 0.254 e. The predicted octanol–water partition coefficient (Wildman–Crippen LogP) is 1.48. The van der Waals surface area contributed by atoms with Gasteiger partial charge in [0.1, 0.15) is 0 Å². The first-order valence-electron chi connectivity index (χ1n) is 6.56. The number of hydrogen-bond acceptors (Lipinski definition) is 5. The van der Waals surface area contributed by atoms with Gasteiger partial charge in [-0.3, -0.25) is 4.79 Å². The van der Waals surface area contributed by atoms with Crippen LogP contribution in [0.4, 0.5) is 0 Å². The molecule has 1 N–H and O–H groups in total. The number of carbonyl (C=O) groups excluding carboxylic acids is 1. The third kappa shape index (κ3) is 5.97. The number of methoxy groups -OCH3 is 1. The van der Waals surface area contributed by atoms with E-state index in [1.54, 1.807) is 23.5 Å². The van der Waals surface area contributed by atoms with E-state index in [0.29, 0.717) is 38.1 Å². The maximum Gasteiger partial charge on any atom is 0.254 e. The Hall–Kier alpha value is -1.86. The zero-order chi connectivity index (χ0) is 15.5. The van der Waals surface area contributed by atoms with E-state index in [1.165, 1.54) is 11.3 Å². The van der Waals surface area contributed by atoms with Crippen molar-refractivity contribution in [3.63, 3.8) is 0 Å². The Morgan fingerprint density at radius 1 is 1.48 bits per heavy atom. The van der Waals surface area contributed by atoms with Crippen LogP contribution in [0, 0.1) is 23.2 Å². The van der Waals surface area contributed by atoms with Crippen molar-refractivity contribution in [3.05, 3.63) is 21.9 Å². The fourth-order valence-corrected chi connectivity index (χ4v) is 2.35. The zero-order valence-electron chi connectivity index (χ0n) is 12.0. The van der Waals surface area contributed by atoms with Crippen LogP contribution < -0.4 is 0 Å². The molecule has 0 aliphatic carbocycles. The molecule has 5 nitrogen and oxygen atoms in total. The number of aliphatic hydroxyl groups excluding tert-OH is 1. The monoisotopic (exact) mass is 306 g/mol. The number of rotatable bonds is 7. The van der Waals surface area contributed by atoms with E-state index in [0.717, 1.165) is 4.88 Å². The molecule has 1 heterocycles. The first-order valence-corrected chi connectivity index (χ1v) is 7.44. The number of thiophene rings is 1. The highest BCUT2D eigenvalue weighted by Crippen LogP contribution is 2.16. The van der Waals surface area contributed by atoms with E-state index in [-0.39, 0.29) is 12.5 Å². The fraction of sp³-hybridized carbons (Fsp3) is 0.467. The summed E-state index contributed by atoms with van der Waals surface area (Å²) in [7, 11) is 1.58. The van der Waals surface area contributed by atoms with Gasteiger partial charge >= 0.3 is 0 Å². The molecule has 0 bridgehead atoms. The lowest BCUT2D eigenvalue weighted by molar-refractivity contribution is 0.0700. The average Bonchev–Trinajstić information content (AvgIpc) is 2.96. The van der Waals surface area contributed by atoms with E-state index in [2.05, 4.69) is 11.8 Å². The van der Waals surface area contributed by atoms with E-state index >= 15 is 0 Å². The Morgan fingerprint density at radius 3 is 2.95 bits per heavy atom. The molecule has 0 aliphatic rings. The van der Waals surface area contributed by atoms with Crippen molar-refractivity contribution in [1.82, 2.24) is 4.90 Å². The summed E-state index contributed by atoms with van der Waals surface area (Å²) < 4.78 is 4.99. The van der Waals surface area contributed by atoms with E-state index < -0.39 is 0 Å². The summed E-state index contributed by atoms with van der Waals surface area (Å²) >= 11 is 1.39. The van der Waals surface area contributed by atoms with Crippen LogP contribution in [0.3, 0.4) is 0 Å². The Morgan fingerprint density at radius 2 is 2.29 bits per heavy atom. The van der Waals surface area contributed by atoms with Gasteiger partial charge in [-0.15, -0.1) is 11.3 Å². The van der Waals surface area contributed by atoms with Crippen LogP contribution in [0.25, 0.3) is 0 Å². The van der Waals surface area contributed by atoms with Crippen molar-refractivity contribution < 1.29 is 14.6 Å². The molecule has 21 heavy (non-hydrogen) atoms. The number of amides is 1. The molecule has 0 fully saturated rings. The molecule has 0 radical (unpaired) electrons. The molecule has 0 saturated heterocycles. The number of aliphatic hydroxyl groups is 1. The molecule has 1 amide bonds. The second kappa shape index (κ2) is 9.95. The minimum Gasteiger partial charge on any atom is -0.395 e. The van der Waals surface area contributed by atoms with Crippen LogP contribution in [0.1, 0.15) is 28.1 Å². The lowest BCUT2D eigenvalue weighted by atomic mass is 10.2. The normalized spacial score (nSPS) is 9.57. The molecular weight excluding hydrogens is 288 g/mol. The van der Waals surface area contributed by atoms with Crippen LogP contribution in [-0.4, -0.2) is 49.3 Å². The van der Waals surface area contributed by atoms with Crippen molar-refractivity contribution in [1.29, 1.82) is 5.26 Å². The Labute approximate surface area is 128 Å². The molecule has 6 heteroatoms. The summed E-state index contributed by atoms with van der Waals surface area (Å²) in [4.78, 5) is 14.8. The van der Waals surface area contributed by atoms with Gasteiger partial charge in [-0.1, -0.05) is 11.8 Å². The lowest BCUT2D eigenvalue weighted by Crippen LogP contribution is -2.34. The molecule has 1 aromatic rings. The zero-order valence-corrected chi connectivity index (χ0v) is 12.8. The highest BCUT2D eigenvalue weighted by atomic mass is 32.1. The van der Waals surface area contributed by atoms with Crippen molar-refractivity contribution in [2.75, 3.05) is 33.4 Å². The lowest BCUT2D eigenvalue weighted by Gasteiger charge is -2.20. The average molecular weight is 306 g/mol. The summed E-state index contributed by atoms with van der Waals surface area (Å²) in [5.74, 6) is 5.61. The van der Waals surface area contributed by atoms with Crippen LogP contribution >= 0.6 is 11.3 Å². The molecule has 0 aromatic carbocycles. The molecular formula is C15H18N2O3S. The molecule has 0 unspecified atom stereocenters. The van der Waals surface area contributed by atoms with E-state index in [1.807, 2.05) is 6.07 Å². The molecule has 112 valence electrons. The summed E-state index contributed by atoms with van der Waals surface area (Å²) in [6.45, 7) is 1.31. The highest BCUT2D eigenvalue weighted by Gasteiger charge is 2.16. The fourth-order valence-electron chi connectivity index (χ4n) is 1.60. The van der Waals surface area contributed by atoms with Gasteiger partial charge in [0.15, 0.2) is 0 Å². The van der Waals surface area contributed by atoms with Gasteiger partial charge in [-0.25, -0.2) is 0 Å². The number of nitrogens with zero attached hydrogens (tertiary/aromatic N) is 2. The molecule has 0 atom stereocenters. The molecule has 0 spiro atoms. The van der Waals surface area contributed by atoms with Gasteiger partial charge in [0.2, 0.25) is 0 Å². The van der Waals surface area contributed by atoms with Gasteiger partial charge < -0.3 is 14.7 Å². The third-order valence-corrected chi connectivity index (χ3v) is 3.49. The third-order valence-electron chi connectivity index (χ3n) is 2.64. The maximum atomic E-state index is 12.4. The Balaban J connectivity index is 2.74. The van der Waals surface area contributed by atoms with Crippen LogP contribution in [0.5, 0.6) is 0 Å². The van der Waals surface area contributed by atoms with Crippen molar-refractivity contribution in [2.24, 2.45) is 0 Å². The van der Waals surface area contributed by atoms with Gasteiger partial charge in [0.05, 0.1) is 36.1 Å². The minimum atomic E-state index is -0.117. The van der Waals surface area contributed by atoms with Crippen LogP contribution in [0.15, 0.2) is 11.4 Å². The largest absolute Gasteiger partial charge is 0.395 e. The van der Waals surface area contributed by atoms with Gasteiger partial charge in [0.25, 0.3) is 5.91 Å². The van der Waals surface area contributed by atoms with Crippen molar-refractivity contribution >= 4 is 17.2 Å². The van der Waals surface area contributed by atoms with Crippen LogP contribution in [0.2, 0.25) is 0 Å². The summed E-state index contributed by atoms with van der Waals surface area (Å²) in [5, 5.41) is 19.1. The van der Waals surface area contributed by atoms with E-state index in [4.69, 9.17) is 15.1 Å². The molecule has 1 rings (SSSR count). The van der Waals surface area contributed by atoms with Gasteiger partial charge in [-0.05, 0) is 6.07 Å². The van der Waals surface area contributed by atoms with E-state index in [9.17, 15) is 4.79 Å². The second-order valence-electron chi connectivity index (χ2n) is 4.17. The minimum absolute atomic E-state index is 0.0309. The first-order chi connectivity index (χ1) is 10.2. The first kappa shape index (κ1) is 17.2. The van der Waals surface area contributed by atoms with Crippen molar-refractivity contribution in [3.8, 4) is 17.9 Å². The molecule has 0 aliphatic heterocycles. The second-order valence-corrected chi connectivity index (χ2v) is 5.08. The quantitative estimate of drug-likeness (QED) is 0.775.